The highest BCUT2D eigenvalue weighted by atomic mass is 16.2. The van der Waals surface area contributed by atoms with Crippen LogP contribution in [0.25, 0.3) is 0 Å². The van der Waals surface area contributed by atoms with Crippen LogP contribution < -0.4 is 21.5 Å². The van der Waals surface area contributed by atoms with Crippen molar-refractivity contribution in [3.05, 3.63) is 0 Å². The van der Waals surface area contributed by atoms with E-state index in [0.29, 0.717) is 24.3 Å². The molecule has 0 heterocycles. The predicted molar refractivity (Wildman–Crippen MR) is 93.2 cm³/mol. The van der Waals surface area contributed by atoms with Gasteiger partial charge in [0.05, 0.1) is 0 Å². The van der Waals surface area contributed by atoms with Crippen molar-refractivity contribution in [1.82, 2.24) is 21.5 Å². The third-order valence-corrected chi connectivity index (χ3v) is 6.10. The Kier molecular flexibility index (Phi) is 5.20. The second-order valence-electron chi connectivity index (χ2n) is 8.26. The summed E-state index contributed by atoms with van der Waals surface area (Å²) in [4.78, 5) is 36.5. The molecule has 140 valence electrons. The molecule has 0 spiro atoms. The number of urea groups is 1. The van der Waals surface area contributed by atoms with Crippen molar-refractivity contribution in [3.63, 3.8) is 0 Å². The van der Waals surface area contributed by atoms with Gasteiger partial charge in [-0.2, -0.15) is 0 Å². The van der Waals surface area contributed by atoms with Gasteiger partial charge in [-0.15, -0.1) is 0 Å². The first kappa shape index (κ1) is 18.0. The van der Waals surface area contributed by atoms with E-state index in [-0.39, 0.29) is 11.3 Å². The van der Waals surface area contributed by atoms with Crippen LogP contribution in [0.3, 0.4) is 0 Å². The van der Waals surface area contributed by atoms with Crippen molar-refractivity contribution in [1.29, 1.82) is 0 Å². The monoisotopic (exact) mass is 350 g/mol. The van der Waals surface area contributed by atoms with Gasteiger partial charge in [-0.1, -0.05) is 6.92 Å². The van der Waals surface area contributed by atoms with E-state index in [1.807, 2.05) is 6.92 Å². The van der Waals surface area contributed by atoms with Crippen LogP contribution in [0.2, 0.25) is 0 Å². The molecule has 1 atom stereocenters. The summed E-state index contributed by atoms with van der Waals surface area (Å²) in [6, 6.07) is -1.12. The summed E-state index contributed by atoms with van der Waals surface area (Å²) < 4.78 is 0. The van der Waals surface area contributed by atoms with Gasteiger partial charge in [-0.25, -0.2) is 10.2 Å². The second-order valence-corrected chi connectivity index (χ2v) is 8.26. The summed E-state index contributed by atoms with van der Waals surface area (Å²) in [7, 11) is 0. The molecule has 4 aliphatic carbocycles. The van der Waals surface area contributed by atoms with Crippen LogP contribution in [0.15, 0.2) is 0 Å². The Balaban J connectivity index is 1.49. The number of hydrogen-bond acceptors (Lipinski definition) is 3. The Labute approximate surface area is 149 Å². The van der Waals surface area contributed by atoms with E-state index in [9.17, 15) is 14.4 Å². The number of hydrazine groups is 1. The van der Waals surface area contributed by atoms with Crippen LogP contribution in [-0.2, 0) is 9.59 Å². The topological polar surface area (TPSA) is 99.3 Å². The van der Waals surface area contributed by atoms with Gasteiger partial charge < -0.3 is 10.6 Å². The summed E-state index contributed by atoms with van der Waals surface area (Å²) in [6.45, 7) is 4.14. The van der Waals surface area contributed by atoms with Gasteiger partial charge in [0.2, 0.25) is 5.91 Å². The molecule has 0 aliphatic heterocycles. The van der Waals surface area contributed by atoms with Crippen LogP contribution in [0, 0.1) is 23.2 Å². The molecule has 4 rings (SSSR count). The molecule has 0 aromatic rings. The molecular formula is C18H30N4O3. The number of rotatable bonds is 5. The first-order valence-corrected chi connectivity index (χ1v) is 9.56. The zero-order chi connectivity index (χ0) is 18.0. The summed E-state index contributed by atoms with van der Waals surface area (Å²) >= 11 is 0. The standard InChI is InChI=1S/C18H30N4O3/c1-3-4-19-17(25)22-21-15(23)11(2)20-16(24)18-8-12-5-13(9-18)7-14(6-12)10-18/h11-14H,3-10H2,1-2H3,(H,20,24)(H,21,23)(H2,19,22,25)/t11-,12?,13?,14?,18?/m1/s1. The van der Waals surface area contributed by atoms with Gasteiger partial charge >= 0.3 is 6.03 Å². The summed E-state index contributed by atoms with van der Waals surface area (Å²) in [5, 5.41) is 5.49. The molecular weight excluding hydrogens is 320 g/mol. The van der Waals surface area contributed by atoms with E-state index in [2.05, 4.69) is 21.5 Å². The Morgan fingerprint density at radius 3 is 2.08 bits per heavy atom. The van der Waals surface area contributed by atoms with Crippen molar-refractivity contribution in [2.75, 3.05) is 6.54 Å². The molecule has 7 heteroatoms. The van der Waals surface area contributed by atoms with Crippen molar-refractivity contribution in [3.8, 4) is 0 Å². The molecule has 4 aliphatic rings. The molecule has 4 amide bonds. The summed E-state index contributed by atoms with van der Waals surface area (Å²) in [5.74, 6) is 1.66. The first-order chi connectivity index (χ1) is 11.9. The van der Waals surface area contributed by atoms with Crippen LogP contribution in [0.5, 0.6) is 0 Å². The molecule has 0 unspecified atom stereocenters. The fourth-order valence-corrected chi connectivity index (χ4v) is 5.31. The lowest BCUT2D eigenvalue weighted by molar-refractivity contribution is -0.148. The average Bonchev–Trinajstić information content (AvgIpc) is 2.56. The lowest BCUT2D eigenvalue weighted by Crippen LogP contribution is -2.58. The highest BCUT2D eigenvalue weighted by Gasteiger charge is 2.54. The molecule has 4 bridgehead atoms. The summed E-state index contributed by atoms with van der Waals surface area (Å²) in [5.41, 5.74) is 4.39. The SMILES string of the molecule is CCCNC(=O)NNC(=O)[C@@H](C)NC(=O)C12CC3CC(CC(C3)C1)C2. The van der Waals surface area contributed by atoms with Crippen LogP contribution in [-0.4, -0.2) is 30.4 Å². The molecule has 7 nitrogen and oxygen atoms in total. The molecule has 4 N–H and O–H groups in total. The van der Waals surface area contributed by atoms with Gasteiger partial charge in [-0.3, -0.25) is 15.0 Å². The molecule has 0 aromatic heterocycles. The highest BCUT2D eigenvalue weighted by Crippen LogP contribution is 2.60. The van der Waals surface area contributed by atoms with E-state index in [1.165, 1.54) is 19.3 Å². The maximum absolute atomic E-state index is 12.9. The van der Waals surface area contributed by atoms with Crippen molar-refractivity contribution >= 4 is 17.8 Å². The Morgan fingerprint density at radius 2 is 1.56 bits per heavy atom. The smallest absolute Gasteiger partial charge is 0.333 e. The second kappa shape index (κ2) is 7.22. The van der Waals surface area contributed by atoms with Crippen LogP contribution in [0.1, 0.15) is 58.8 Å². The maximum Gasteiger partial charge on any atom is 0.333 e. The third kappa shape index (κ3) is 3.90. The van der Waals surface area contributed by atoms with Gasteiger partial charge in [0.25, 0.3) is 5.91 Å². The third-order valence-electron chi connectivity index (χ3n) is 6.10. The minimum atomic E-state index is -0.674. The zero-order valence-electron chi connectivity index (χ0n) is 15.2. The minimum absolute atomic E-state index is 0.0182. The maximum atomic E-state index is 12.9. The lowest BCUT2D eigenvalue weighted by atomic mass is 9.49. The van der Waals surface area contributed by atoms with Crippen LogP contribution >= 0.6 is 0 Å². The molecule has 25 heavy (non-hydrogen) atoms. The number of carbonyl (C=O) groups is 3. The number of hydrogen-bond donors (Lipinski definition) is 4. The number of amides is 4. The van der Waals surface area contributed by atoms with E-state index in [4.69, 9.17) is 0 Å². The minimum Gasteiger partial charge on any atom is -0.344 e. The average molecular weight is 350 g/mol. The van der Waals surface area contributed by atoms with E-state index < -0.39 is 18.0 Å². The van der Waals surface area contributed by atoms with Crippen molar-refractivity contribution in [2.45, 2.75) is 64.8 Å². The molecule has 0 saturated heterocycles. The van der Waals surface area contributed by atoms with Gasteiger partial charge in [0.1, 0.15) is 6.04 Å². The molecule has 0 aromatic carbocycles. The van der Waals surface area contributed by atoms with Crippen molar-refractivity contribution in [2.24, 2.45) is 23.2 Å². The summed E-state index contributed by atoms with van der Waals surface area (Å²) in [6.07, 6.45) is 7.56. The largest absolute Gasteiger partial charge is 0.344 e. The van der Waals surface area contributed by atoms with E-state index in [1.54, 1.807) is 6.92 Å². The molecule has 4 saturated carbocycles. The van der Waals surface area contributed by atoms with E-state index in [0.717, 1.165) is 25.7 Å². The highest BCUT2D eigenvalue weighted by molar-refractivity contribution is 5.91. The van der Waals surface area contributed by atoms with E-state index >= 15 is 0 Å². The Hall–Kier alpha value is -1.79. The Morgan fingerprint density at radius 1 is 1.00 bits per heavy atom. The fraction of sp³-hybridized carbons (Fsp3) is 0.833. The van der Waals surface area contributed by atoms with Gasteiger partial charge in [0, 0.05) is 12.0 Å². The van der Waals surface area contributed by atoms with Crippen molar-refractivity contribution < 1.29 is 14.4 Å². The first-order valence-electron chi connectivity index (χ1n) is 9.56. The van der Waals surface area contributed by atoms with Crippen LogP contribution in [0.4, 0.5) is 4.79 Å². The zero-order valence-corrected chi connectivity index (χ0v) is 15.2. The molecule has 0 radical (unpaired) electrons. The predicted octanol–water partition coefficient (Wildman–Crippen LogP) is 1.45. The number of nitrogens with one attached hydrogen (secondary N) is 4. The molecule has 4 fully saturated rings. The fourth-order valence-electron chi connectivity index (χ4n) is 5.31. The lowest BCUT2D eigenvalue weighted by Gasteiger charge is -2.55. The van der Waals surface area contributed by atoms with Gasteiger partial charge in [0.15, 0.2) is 0 Å². The quantitative estimate of drug-likeness (QED) is 0.565. The Bertz CT molecular complexity index is 513. The van der Waals surface area contributed by atoms with Gasteiger partial charge in [-0.05, 0) is 69.6 Å². The normalized spacial score (nSPS) is 33.4. The number of carbonyl (C=O) groups excluding carboxylic acids is 3.